The van der Waals surface area contributed by atoms with Gasteiger partial charge in [0.25, 0.3) is 0 Å². The first-order chi connectivity index (χ1) is 9.09. The zero-order valence-corrected chi connectivity index (χ0v) is 13.8. The number of benzene rings is 1. The molecular weight excluding hydrogens is 240 g/mol. The minimum absolute atomic E-state index is 0.111. The van der Waals surface area contributed by atoms with Crippen molar-refractivity contribution in [3.8, 4) is 0 Å². The molecule has 0 aliphatic rings. The molecule has 0 radical (unpaired) electrons. The van der Waals surface area contributed by atoms with Gasteiger partial charge in [-0.25, -0.2) is 0 Å². The lowest BCUT2D eigenvalue weighted by molar-refractivity contribution is 0.509. The summed E-state index contributed by atoms with van der Waals surface area (Å²) in [6.07, 6.45) is 6.72. The van der Waals surface area contributed by atoms with Crippen LogP contribution in [0.5, 0.6) is 0 Å². The highest BCUT2D eigenvalue weighted by Gasteiger charge is 2.16. The van der Waals surface area contributed by atoms with Gasteiger partial charge in [0.1, 0.15) is 0 Å². The molecule has 0 aromatic heterocycles. The predicted molar refractivity (Wildman–Crippen MR) is 91.6 cm³/mol. The van der Waals surface area contributed by atoms with E-state index in [0.717, 1.165) is 5.57 Å². The molecule has 0 bridgehead atoms. The van der Waals surface area contributed by atoms with Crippen LogP contribution in [0, 0.1) is 10.8 Å². The minimum atomic E-state index is 0.111. The van der Waals surface area contributed by atoms with Crippen LogP contribution in [0.15, 0.2) is 60.7 Å². The number of rotatable bonds is 3. The highest BCUT2D eigenvalue weighted by Crippen LogP contribution is 2.30. The average Bonchev–Trinajstić information content (AvgIpc) is 2.32. The highest BCUT2D eigenvalue weighted by atomic mass is 14.2. The fourth-order valence-corrected chi connectivity index (χ4v) is 1.78. The fourth-order valence-electron chi connectivity index (χ4n) is 1.78. The van der Waals surface area contributed by atoms with Gasteiger partial charge >= 0.3 is 0 Å². The van der Waals surface area contributed by atoms with Crippen LogP contribution in [0.2, 0.25) is 0 Å². The van der Waals surface area contributed by atoms with E-state index in [9.17, 15) is 0 Å². The van der Waals surface area contributed by atoms with E-state index in [1.807, 2.05) is 6.07 Å². The third kappa shape index (κ3) is 5.61. The van der Waals surface area contributed by atoms with Gasteiger partial charge in [-0.2, -0.15) is 0 Å². The Morgan fingerprint density at radius 3 is 1.95 bits per heavy atom. The molecule has 108 valence electrons. The Hall–Kier alpha value is -1.56. The summed E-state index contributed by atoms with van der Waals surface area (Å²) < 4.78 is 0. The van der Waals surface area contributed by atoms with Crippen LogP contribution in [0.4, 0.5) is 0 Å². The molecule has 0 unspecified atom stereocenters. The summed E-state index contributed by atoms with van der Waals surface area (Å²) in [6.45, 7) is 17.6. The molecule has 1 rings (SSSR count). The van der Waals surface area contributed by atoms with E-state index in [4.69, 9.17) is 0 Å². The Morgan fingerprint density at radius 2 is 1.50 bits per heavy atom. The maximum Gasteiger partial charge on any atom is -0.0132 e. The van der Waals surface area contributed by atoms with Crippen LogP contribution >= 0.6 is 0 Å². The van der Waals surface area contributed by atoms with E-state index in [2.05, 4.69) is 90.6 Å². The summed E-state index contributed by atoms with van der Waals surface area (Å²) >= 11 is 0. The van der Waals surface area contributed by atoms with Crippen LogP contribution in [0.3, 0.4) is 0 Å². The normalized spacial score (nSPS) is 13.8. The molecular formula is C20H28. The Balaban J connectivity index is 3.09. The third-order valence-corrected chi connectivity index (χ3v) is 3.10. The number of hydrogen-bond donors (Lipinski definition) is 0. The van der Waals surface area contributed by atoms with Gasteiger partial charge in [0.2, 0.25) is 0 Å². The summed E-state index contributed by atoms with van der Waals surface area (Å²) in [6, 6.07) is 10.3. The summed E-state index contributed by atoms with van der Waals surface area (Å²) in [5.74, 6) is 0. The van der Waals surface area contributed by atoms with Gasteiger partial charge in [-0.3, -0.25) is 0 Å². The lowest BCUT2D eigenvalue weighted by Gasteiger charge is -2.22. The topological polar surface area (TPSA) is 0 Å². The summed E-state index contributed by atoms with van der Waals surface area (Å²) in [4.78, 5) is 0. The van der Waals surface area contributed by atoms with Gasteiger partial charge in [-0.15, -0.1) is 0 Å². The van der Waals surface area contributed by atoms with E-state index in [1.54, 1.807) is 0 Å². The molecule has 1 aromatic rings. The lowest BCUT2D eigenvalue weighted by Crippen LogP contribution is -2.09. The maximum absolute atomic E-state index is 4.21. The van der Waals surface area contributed by atoms with Crippen LogP contribution in [0.1, 0.15) is 47.1 Å². The van der Waals surface area contributed by atoms with Gasteiger partial charge < -0.3 is 0 Å². The molecule has 0 heteroatoms. The van der Waals surface area contributed by atoms with Crippen LogP contribution in [-0.4, -0.2) is 0 Å². The van der Waals surface area contributed by atoms with Gasteiger partial charge in [0.05, 0.1) is 0 Å². The Morgan fingerprint density at radius 1 is 0.950 bits per heavy atom. The molecule has 0 atom stereocenters. The second kappa shape index (κ2) is 6.26. The SMILES string of the molecule is C=C(/C=C(/C=C/C(C)(C)C)C(C)(C)C)c1ccccc1. The zero-order chi connectivity index (χ0) is 15.4. The molecule has 0 N–H and O–H groups in total. The van der Waals surface area contributed by atoms with E-state index in [-0.39, 0.29) is 10.8 Å². The molecule has 0 aliphatic heterocycles. The molecule has 20 heavy (non-hydrogen) atoms. The Kier molecular flexibility index (Phi) is 5.16. The molecule has 0 spiro atoms. The van der Waals surface area contributed by atoms with Crippen molar-refractivity contribution >= 4 is 5.57 Å². The van der Waals surface area contributed by atoms with E-state index in [1.165, 1.54) is 11.1 Å². The van der Waals surface area contributed by atoms with Crippen molar-refractivity contribution < 1.29 is 0 Å². The standard InChI is InChI=1S/C20H28/c1-16(17-11-9-8-10-12-17)15-18(20(5,6)7)13-14-19(2,3)4/h8-15H,1H2,2-7H3/b14-13+,18-15-. The number of allylic oxidation sites excluding steroid dienone is 5. The van der Waals surface area contributed by atoms with Crippen LogP contribution in [0.25, 0.3) is 5.57 Å². The van der Waals surface area contributed by atoms with Crippen molar-refractivity contribution in [2.75, 3.05) is 0 Å². The number of hydrogen-bond acceptors (Lipinski definition) is 0. The van der Waals surface area contributed by atoms with Gasteiger partial charge in [0.15, 0.2) is 0 Å². The second-order valence-electron chi connectivity index (χ2n) is 7.44. The average molecular weight is 268 g/mol. The molecule has 0 amide bonds. The molecule has 0 fully saturated rings. The first-order valence-electron chi connectivity index (χ1n) is 7.25. The monoisotopic (exact) mass is 268 g/mol. The van der Waals surface area contributed by atoms with Crippen molar-refractivity contribution in [3.63, 3.8) is 0 Å². The molecule has 0 nitrogen and oxygen atoms in total. The smallest absolute Gasteiger partial charge is 0.0132 e. The predicted octanol–water partition coefficient (Wildman–Crippen LogP) is 6.27. The van der Waals surface area contributed by atoms with E-state index in [0.29, 0.717) is 0 Å². The molecule has 0 saturated heterocycles. The van der Waals surface area contributed by atoms with Crippen molar-refractivity contribution in [1.82, 2.24) is 0 Å². The molecule has 1 aromatic carbocycles. The zero-order valence-electron chi connectivity index (χ0n) is 13.8. The van der Waals surface area contributed by atoms with Gasteiger partial charge in [-0.05, 0) is 27.5 Å². The highest BCUT2D eigenvalue weighted by molar-refractivity contribution is 5.73. The van der Waals surface area contributed by atoms with Gasteiger partial charge in [-0.1, -0.05) is 96.7 Å². The van der Waals surface area contributed by atoms with Crippen molar-refractivity contribution in [1.29, 1.82) is 0 Å². The van der Waals surface area contributed by atoms with Crippen LogP contribution in [-0.2, 0) is 0 Å². The quantitative estimate of drug-likeness (QED) is 0.566. The summed E-state index contributed by atoms with van der Waals surface area (Å²) in [5, 5.41) is 0. The molecule has 0 heterocycles. The van der Waals surface area contributed by atoms with E-state index < -0.39 is 0 Å². The Labute approximate surface area is 124 Å². The van der Waals surface area contributed by atoms with Gasteiger partial charge in [0, 0.05) is 0 Å². The van der Waals surface area contributed by atoms with Crippen molar-refractivity contribution in [2.24, 2.45) is 10.8 Å². The largest absolute Gasteiger partial charge is 0.0911 e. The third-order valence-electron chi connectivity index (χ3n) is 3.10. The molecule has 0 saturated carbocycles. The second-order valence-corrected chi connectivity index (χ2v) is 7.44. The first kappa shape index (κ1) is 16.5. The molecule has 0 aliphatic carbocycles. The van der Waals surface area contributed by atoms with Crippen LogP contribution < -0.4 is 0 Å². The Bertz CT molecular complexity index is 499. The van der Waals surface area contributed by atoms with Crippen molar-refractivity contribution in [3.05, 3.63) is 66.3 Å². The maximum atomic E-state index is 4.21. The first-order valence-corrected chi connectivity index (χ1v) is 7.25. The van der Waals surface area contributed by atoms with E-state index >= 15 is 0 Å². The minimum Gasteiger partial charge on any atom is -0.0911 e. The lowest BCUT2D eigenvalue weighted by atomic mass is 9.83. The summed E-state index contributed by atoms with van der Waals surface area (Å²) in [5.41, 5.74) is 3.85. The summed E-state index contributed by atoms with van der Waals surface area (Å²) in [7, 11) is 0. The fraction of sp³-hybridized carbons (Fsp3) is 0.400. The van der Waals surface area contributed by atoms with Crippen molar-refractivity contribution in [2.45, 2.75) is 41.5 Å².